The van der Waals surface area contributed by atoms with Crippen molar-refractivity contribution < 1.29 is 9.53 Å². The van der Waals surface area contributed by atoms with E-state index in [4.69, 9.17) is 9.84 Å². The van der Waals surface area contributed by atoms with E-state index in [-0.39, 0.29) is 12.0 Å². The van der Waals surface area contributed by atoms with Crippen molar-refractivity contribution in [3.05, 3.63) is 51.8 Å². The van der Waals surface area contributed by atoms with Gasteiger partial charge >= 0.3 is 0 Å². The Morgan fingerprint density at radius 1 is 1.22 bits per heavy atom. The minimum atomic E-state index is -0.382. The number of aromatic nitrogens is 2. The van der Waals surface area contributed by atoms with Gasteiger partial charge in [0.05, 0.1) is 12.3 Å². The standard InChI is InChI=1S/C25H35BrN4O2/c1-4-27-25(31)24-15-30(22(16-32-24)14-18-5-9-20(26)10-6-18)21-11-7-19(8-12-21)23-13-17(2)29(3)28-23/h5-6,9-10,13,19,21-22,24H,4,7-8,11-12,14-16H2,1-3H3,(H,27,31). The molecular weight excluding hydrogens is 468 g/mol. The number of rotatable bonds is 6. The first-order valence-corrected chi connectivity index (χ1v) is 12.6. The zero-order valence-corrected chi connectivity index (χ0v) is 21.0. The maximum absolute atomic E-state index is 12.5. The van der Waals surface area contributed by atoms with Gasteiger partial charge in [-0.25, -0.2) is 0 Å². The lowest BCUT2D eigenvalue weighted by Gasteiger charge is -2.45. The van der Waals surface area contributed by atoms with Crippen LogP contribution in [0.1, 0.15) is 55.5 Å². The SMILES string of the molecule is CCNC(=O)C1CN(C2CCC(c3cc(C)n(C)n3)CC2)C(Cc2ccc(Br)cc2)CO1. The van der Waals surface area contributed by atoms with Crippen molar-refractivity contribution in [1.29, 1.82) is 0 Å². The molecule has 2 aromatic rings. The predicted octanol–water partition coefficient (Wildman–Crippen LogP) is 3.97. The molecule has 1 saturated heterocycles. The first kappa shape index (κ1) is 23.5. The molecule has 2 atom stereocenters. The van der Waals surface area contributed by atoms with Crippen molar-refractivity contribution in [2.45, 2.75) is 70.1 Å². The molecule has 2 aliphatic rings. The first-order valence-electron chi connectivity index (χ1n) is 11.8. The fraction of sp³-hybridized carbons (Fsp3) is 0.600. The van der Waals surface area contributed by atoms with Crippen molar-refractivity contribution in [3.8, 4) is 0 Å². The second-order valence-corrected chi connectivity index (χ2v) is 10.2. The lowest BCUT2D eigenvalue weighted by atomic mass is 9.82. The predicted molar refractivity (Wildman–Crippen MR) is 130 cm³/mol. The Bertz CT molecular complexity index is 886. The topological polar surface area (TPSA) is 59.4 Å². The number of morpholine rings is 1. The Balaban J connectivity index is 1.45. The van der Waals surface area contributed by atoms with Crippen molar-refractivity contribution in [3.63, 3.8) is 0 Å². The summed E-state index contributed by atoms with van der Waals surface area (Å²) in [6.45, 7) is 5.97. The van der Waals surface area contributed by atoms with Gasteiger partial charge in [0.2, 0.25) is 5.91 Å². The molecule has 1 saturated carbocycles. The molecule has 1 aromatic carbocycles. The number of aryl methyl sites for hydroxylation is 2. The lowest BCUT2D eigenvalue weighted by Crippen LogP contribution is -2.58. The average Bonchev–Trinajstić information content (AvgIpc) is 3.14. The van der Waals surface area contributed by atoms with E-state index in [0.29, 0.717) is 37.7 Å². The van der Waals surface area contributed by atoms with Gasteiger partial charge in [-0.05, 0) is 69.7 Å². The molecule has 7 heteroatoms. The van der Waals surface area contributed by atoms with Gasteiger partial charge < -0.3 is 10.1 Å². The number of nitrogens with one attached hydrogen (secondary N) is 1. The van der Waals surface area contributed by atoms with E-state index < -0.39 is 0 Å². The summed E-state index contributed by atoms with van der Waals surface area (Å²) < 4.78 is 9.13. The highest BCUT2D eigenvalue weighted by Gasteiger charge is 2.38. The fourth-order valence-electron chi connectivity index (χ4n) is 5.17. The molecule has 0 spiro atoms. The van der Waals surface area contributed by atoms with E-state index in [1.807, 2.05) is 18.7 Å². The summed E-state index contributed by atoms with van der Waals surface area (Å²) in [5, 5.41) is 7.67. The van der Waals surface area contributed by atoms with E-state index in [2.05, 4.69) is 63.4 Å². The summed E-state index contributed by atoms with van der Waals surface area (Å²) in [6.07, 6.45) is 5.13. The van der Waals surface area contributed by atoms with Gasteiger partial charge in [-0.15, -0.1) is 0 Å². The summed E-state index contributed by atoms with van der Waals surface area (Å²) in [5.41, 5.74) is 3.76. The van der Waals surface area contributed by atoms with Gasteiger partial charge in [0.25, 0.3) is 0 Å². The Kier molecular flexibility index (Phi) is 7.69. The van der Waals surface area contributed by atoms with Crippen LogP contribution < -0.4 is 5.32 Å². The Morgan fingerprint density at radius 3 is 2.56 bits per heavy atom. The first-order chi connectivity index (χ1) is 15.4. The summed E-state index contributed by atoms with van der Waals surface area (Å²) in [5.74, 6) is 0.550. The van der Waals surface area contributed by atoms with Crippen LogP contribution in [0.3, 0.4) is 0 Å². The molecule has 1 aliphatic carbocycles. The van der Waals surface area contributed by atoms with Gasteiger partial charge in [0, 0.05) is 48.3 Å². The molecule has 32 heavy (non-hydrogen) atoms. The highest BCUT2D eigenvalue weighted by atomic mass is 79.9. The normalized spacial score (nSPS) is 26.8. The number of amides is 1. The number of hydrogen-bond acceptors (Lipinski definition) is 4. The smallest absolute Gasteiger partial charge is 0.250 e. The molecule has 1 aliphatic heterocycles. The molecule has 2 fully saturated rings. The molecule has 1 aromatic heterocycles. The highest BCUT2D eigenvalue weighted by Crippen LogP contribution is 2.36. The Morgan fingerprint density at radius 2 is 1.94 bits per heavy atom. The molecule has 1 amide bonds. The van der Waals surface area contributed by atoms with Gasteiger partial charge in [0.1, 0.15) is 6.10 Å². The van der Waals surface area contributed by atoms with Crippen LogP contribution in [-0.4, -0.2) is 58.5 Å². The van der Waals surface area contributed by atoms with Crippen LogP contribution in [-0.2, 0) is 23.0 Å². The molecule has 0 bridgehead atoms. The zero-order chi connectivity index (χ0) is 22.7. The Hall–Kier alpha value is -1.70. The minimum Gasteiger partial charge on any atom is -0.365 e. The van der Waals surface area contributed by atoms with E-state index >= 15 is 0 Å². The maximum atomic E-state index is 12.5. The lowest BCUT2D eigenvalue weighted by molar-refractivity contribution is -0.145. The van der Waals surface area contributed by atoms with Crippen LogP contribution in [0.15, 0.2) is 34.8 Å². The summed E-state index contributed by atoms with van der Waals surface area (Å²) in [7, 11) is 2.02. The number of hydrogen-bond donors (Lipinski definition) is 1. The molecule has 174 valence electrons. The number of carbonyl (C=O) groups excluding carboxylic acids is 1. The number of likely N-dealkylation sites (N-methyl/N-ethyl adjacent to an activating group) is 1. The van der Waals surface area contributed by atoms with Crippen molar-refractivity contribution in [2.75, 3.05) is 19.7 Å². The molecule has 2 heterocycles. The average molecular weight is 503 g/mol. The second-order valence-electron chi connectivity index (χ2n) is 9.24. The number of nitrogens with zero attached hydrogens (tertiary/aromatic N) is 3. The van der Waals surface area contributed by atoms with Crippen molar-refractivity contribution in [2.24, 2.45) is 7.05 Å². The molecule has 0 radical (unpaired) electrons. The van der Waals surface area contributed by atoms with E-state index in [1.165, 1.54) is 17.0 Å². The molecule has 1 N–H and O–H groups in total. The maximum Gasteiger partial charge on any atom is 0.250 e. The summed E-state index contributed by atoms with van der Waals surface area (Å²) in [4.78, 5) is 15.1. The molecule has 4 rings (SSSR count). The second kappa shape index (κ2) is 10.5. The van der Waals surface area contributed by atoms with Crippen LogP contribution >= 0.6 is 15.9 Å². The largest absolute Gasteiger partial charge is 0.365 e. The van der Waals surface area contributed by atoms with Crippen LogP contribution in [0.5, 0.6) is 0 Å². The summed E-state index contributed by atoms with van der Waals surface area (Å²) >= 11 is 3.53. The Labute approximate surface area is 199 Å². The molecule has 2 unspecified atom stereocenters. The van der Waals surface area contributed by atoms with Crippen LogP contribution in [0.4, 0.5) is 0 Å². The number of benzene rings is 1. The highest BCUT2D eigenvalue weighted by molar-refractivity contribution is 9.10. The van der Waals surface area contributed by atoms with Crippen molar-refractivity contribution >= 4 is 21.8 Å². The van der Waals surface area contributed by atoms with Crippen LogP contribution in [0.2, 0.25) is 0 Å². The zero-order valence-electron chi connectivity index (χ0n) is 19.4. The van der Waals surface area contributed by atoms with E-state index in [0.717, 1.165) is 36.6 Å². The number of ether oxygens (including phenoxy) is 1. The minimum absolute atomic E-state index is 0.0113. The quantitative estimate of drug-likeness (QED) is 0.649. The van der Waals surface area contributed by atoms with Gasteiger partial charge in [-0.3, -0.25) is 14.4 Å². The monoisotopic (exact) mass is 502 g/mol. The van der Waals surface area contributed by atoms with Crippen LogP contribution in [0, 0.1) is 6.92 Å². The third-order valence-corrected chi connectivity index (χ3v) is 7.61. The summed E-state index contributed by atoms with van der Waals surface area (Å²) in [6, 6.07) is 11.6. The molecule has 6 nitrogen and oxygen atoms in total. The van der Waals surface area contributed by atoms with E-state index in [9.17, 15) is 4.79 Å². The van der Waals surface area contributed by atoms with Gasteiger partial charge in [-0.1, -0.05) is 28.1 Å². The third-order valence-electron chi connectivity index (χ3n) is 7.08. The van der Waals surface area contributed by atoms with Crippen LogP contribution in [0.25, 0.3) is 0 Å². The van der Waals surface area contributed by atoms with Gasteiger partial charge in [0.15, 0.2) is 0 Å². The third kappa shape index (κ3) is 5.43. The fourth-order valence-corrected chi connectivity index (χ4v) is 5.43. The van der Waals surface area contributed by atoms with Crippen molar-refractivity contribution in [1.82, 2.24) is 20.0 Å². The number of carbonyl (C=O) groups is 1. The van der Waals surface area contributed by atoms with Gasteiger partial charge in [-0.2, -0.15) is 5.10 Å². The van der Waals surface area contributed by atoms with E-state index in [1.54, 1.807) is 0 Å². The number of halogens is 1. The molecular formula is C25H35BrN4O2.